The number of carbonyl (C=O) groups is 1. The highest BCUT2D eigenvalue weighted by Gasteiger charge is 2.21. The first kappa shape index (κ1) is 15.8. The maximum atomic E-state index is 12.5. The summed E-state index contributed by atoms with van der Waals surface area (Å²) >= 11 is 7.72. The first-order valence-corrected chi connectivity index (χ1v) is 9.17. The fourth-order valence-electron chi connectivity index (χ4n) is 3.29. The molecule has 5 heteroatoms. The van der Waals surface area contributed by atoms with Crippen molar-refractivity contribution in [1.82, 2.24) is 4.57 Å². The summed E-state index contributed by atoms with van der Waals surface area (Å²) in [5.41, 5.74) is 2.28. The summed E-state index contributed by atoms with van der Waals surface area (Å²) < 4.78 is 3.23. The molecule has 0 unspecified atom stereocenters. The van der Waals surface area contributed by atoms with Gasteiger partial charge in [0.05, 0.1) is 10.2 Å². The third kappa shape index (κ3) is 2.99. The zero-order valence-electron chi connectivity index (χ0n) is 13.1. The first-order chi connectivity index (χ1) is 10.6. The van der Waals surface area contributed by atoms with Crippen molar-refractivity contribution < 1.29 is 4.79 Å². The van der Waals surface area contributed by atoms with Gasteiger partial charge in [-0.25, -0.2) is 0 Å². The number of fused-ring (bicyclic) bond motifs is 1. The molecule has 118 valence electrons. The van der Waals surface area contributed by atoms with Gasteiger partial charge in [0.1, 0.15) is 0 Å². The molecule has 0 bridgehead atoms. The number of benzene rings is 1. The third-order valence-electron chi connectivity index (χ3n) is 4.41. The fraction of sp³-hybridized carbons (Fsp3) is 0.529. The fourth-order valence-corrected chi connectivity index (χ4v) is 4.84. The van der Waals surface area contributed by atoms with E-state index in [1.54, 1.807) is 11.3 Å². The van der Waals surface area contributed by atoms with Gasteiger partial charge in [0.25, 0.3) is 5.91 Å². The van der Waals surface area contributed by atoms with E-state index in [-0.39, 0.29) is 11.8 Å². The molecule has 3 nitrogen and oxygen atoms in total. The van der Waals surface area contributed by atoms with E-state index in [2.05, 4.69) is 23.4 Å². The number of amides is 1. The van der Waals surface area contributed by atoms with Gasteiger partial charge in [-0.15, -0.1) is 0 Å². The number of hydrogen-bond donors (Lipinski definition) is 0. The Bertz CT molecular complexity index is 769. The van der Waals surface area contributed by atoms with Gasteiger partial charge in [0.2, 0.25) is 0 Å². The Morgan fingerprint density at radius 2 is 2.09 bits per heavy atom. The van der Waals surface area contributed by atoms with E-state index in [1.165, 1.54) is 6.42 Å². The number of halogens is 1. The second-order valence-electron chi connectivity index (χ2n) is 5.98. The van der Waals surface area contributed by atoms with Crippen molar-refractivity contribution in [2.45, 2.75) is 52.5 Å². The Labute approximate surface area is 139 Å². The Morgan fingerprint density at radius 3 is 2.77 bits per heavy atom. The van der Waals surface area contributed by atoms with Crippen LogP contribution in [0.4, 0.5) is 0 Å². The van der Waals surface area contributed by atoms with Gasteiger partial charge in [0.15, 0.2) is 4.80 Å². The highest BCUT2D eigenvalue weighted by molar-refractivity contribution is 7.16. The molecule has 1 aromatic carbocycles. The molecular weight excluding hydrogens is 316 g/mol. The number of hydrogen-bond acceptors (Lipinski definition) is 2. The third-order valence-corrected chi connectivity index (χ3v) is 5.65. The molecule has 1 heterocycles. The summed E-state index contributed by atoms with van der Waals surface area (Å²) in [7, 11) is 0. The minimum absolute atomic E-state index is 0.0530. The van der Waals surface area contributed by atoms with Gasteiger partial charge in [-0.3, -0.25) is 4.79 Å². The average molecular weight is 337 g/mol. The normalized spacial score (nSPS) is 17.3. The molecule has 1 aromatic heterocycles. The lowest BCUT2D eigenvalue weighted by atomic mass is 9.89. The molecule has 2 aromatic rings. The SMILES string of the molecule is CCn1c(=NC(=O)C2CCCCC2)sc2cc(Cl)cc(C)c21. The van der Waals surface area contributed by atoms with Crippen molar-refractivity contribution in [2.24, 2.45) is 10.9 Å². The minimum Gasteiger partial charge on any atom is -0.316 e. The number of rotatable bonds is 2. The molecular formula is C17H21ClN2OS. The van der Waals surface area contributed by atoms with Crippen LogP contribution >= 0.6 is 22.9 Å². The average Bonchev–Trinajstić information content (AvgIpc) is 2.85. The van der Waals surface area contributed by atoms with E-state index < -0.39 is 0 Å². The van der Waals surface area contributed by atoms with Crippen LogP contribution in [0.3, 0.4) is 0 Å². The van der Waals surface area contributed by atoms with E-state index >= 15 is 0 Å². The number of aryl methyl sites for hydroxylation is 2. The maximum absolute atomic E-state index is 12.5. The highest BCUT2D eigenvalue weighted by atomic mass is 35.5. The summed E-state index contributed by atoms with van der Waals surface area (Å²) in [6.07, 6.45) is 5.54. The number of nitrogens with zero attached hydrogens (tertiary/aromatic N) is 2. The molecule has 3 rings (SSSR count). The Kier molecular flexibility index (Phi) is 4.69. The molecule has 0 saturated heterocycles. The number of carbonyl (C=O) groups excluding carboxylic acids is 1. The monoisotopic (exact) mass is 336 g/mol. The Morgan fingerprint density at radius 1 is 1.36 bits per heavy atom. The van der Waals surface area contributed by atoms with E-state index in [9.17, 15) is 4.79 Å². The van der Waals surface area contributed by atoms with Gasteiger partial charge in [-0.1, -0.05) is 42.2 Å². The van der Waals surface area contributed by atoms with E-state index in [4.69, 9.17) is 11.6 Å². The van der Waals surface area contributed by atoms with E-state index in [0.29, 0.717) is 0 Å². The molecule has 1 fully saturated rings. The van der Waals surface area contributed by atoms with Crippen LogP contribution in [0.1, 0.15) is 44.6 Å². The summed E-state index contributed by atoms with van der Waals surface area (Å²) in [6.45, 7) is 4.95. The Balaban J connectivity index is 2.08. The van der Waals surface area contributed by atoms with Gasteiger partial charge in [-0.05, 0) is 44.4 Å². The zero-order valence-corrected chi connectivity index (χ0v) is 14.6. The highest BCUT2D eigenvalue weighted by Crippen LogP contribution is 2.27. The minimum atomic E-state index is 0.0530. The zero-order chi connectivity index (χ0) is 15.7. The lowest BCUT2D eigenvalue weighted by molar-refractivity contribution is -0.122. The summed E-state index contributed by atoms with van der Waals surface area (Å²) in [5.74, 6) is 0.172. The van der Waals surface area contributed by atoms with Crippen LogP contribution in [0.5, 0.6) is 0 Å². The summed E-state index contributed by atoms with van der Waals surface area (Å²) in [6, 6.07) is 3.93. The van der Waals surface area contributed by atoms with Crippen LogP contribution in [0.25, 0.3) is 10.2 Å². The summed E-state index contributed by atoms with van der Waals surface area (Å²) in [5, 5.41) is 0.736. The van der Waals surface area contributed by atoms with Crippen LogP contribution in [-0.4, -0.2) is 10.5 Å². The molecule has 1 aliphatic carbocycles. The molecule has 1 aliphatic rings. The van der Waals surface area contributed by atoms with Gasteiger partial charge in [0, 0.05) is 17.5 Å². The molecule has 22 heavy (non-hydrogen) atoms. The van der Waals surface area contributed by atoms with Gasteiger partial charge >= 0.3 is 0 Å². The van der Waals surface area contributed by atoms with Gasteiger partial charge in [-0.2, -0.15) is 4.99 Å². The smallest absolute Gasteiger partial charge is 0.251 e. The van der Waals surface area contributed by atoms with Crippen LogP contribution < -0.4 is 4.80 Å². The van der Waals surface area contributed by atoms with Crippen LogP contribution in [0, 0.1) is 12.8 Å². The van der Waals surface area contributed by atoms with Crippen molar-refractivity contribution in [1.29, 1.82) is 0 Å². The quantitative estimate of drug-likeness (QED) is 0.783. The molecule has 1 saturated carbocycles. The molecule has 0 N–H and O–H groups in total. The van der Waals surface area contributed by atoms with Crippen LogP contribution in [0.2, 0.25) is 5.02 Å². The first-order valence-electron chi connectivity index (χ1n) is 7.98. The molecule has 0 spiro atoms. The standard InChI is InChI=1S/C17H21ClN2OS/c1-3-20-15-11(2)9-13(18)10-14(15)22-17(20)19-16(21)12-7-5-4-6-8-12/h9-10,12H,3-8H2,1-2H3. The summed E-state index contributed by atoms with van der Waals surface area (Å²) in [4.78, 5) is 17.7. The Hall–Kier alpha value is -1.13. The van der Waals surface area contributed by atoms with Crippen molar-refractivity contribution >= 4 is 39.1 Å². The molecule has 0 aliphatic heterocycles. The second-order valence-corrected chi connectivity index (χ2v) is 7.43. The molecule has 0 radical (unpaired) electrons. The predicted molar refractivity (Wildman–Crippen MR) is 92.4 cm³/mol. The lowest BCUT2D eigenvalue weighted by Gasteiger charge is -2.17. The van der Waals surface area contributed by atoms with Crippen molar-refractivity contribution in [3.63, 3.8) is 0 Å². The van der Waals surface area contributed by atoms with Gasteiger partial charge < -0.3 is 4.57 Å². The molecule has 1 amide bonds. The van der Waals surface area contributed by atoms with Crippen LogP contribution in [-0.2, 0) is 11.3 Å². The number of aromatic nitrogens is 1. The van der Waals surface area contributed by atoms with Crippen molar-refractivity contribution in [2.75, 3.05) is 0 Å². The lowest BCUT2D eigenvalue weighted by Crippen LogP contribution is -2.21. The molecule has 0 atom stereocenters. The van der Waals surface area contributed by atoms with Crippen molar-refractivity contribution in [3.05, 3.63) is 27.5 Å². The van der Waals surface area contributed by atoms with E-state index in [1.807, 2.05) is 12.1 Å². The van der Waals surface area contributed by atoms with Crippen LogP contribution in [0.15, 0.2) is 17.1 Å². The van der Waals surface area contributed by atoms with Crippen molar-refractivity contribution in [3.8, 4) is 0 Å². The number of thiazole rings is 1. The van der Waals surface area contributed by atoms with E-state index in [0.717, 1.165) is 57.8 Å². The second kappa shape index (κ2) is 6.55. The predicted octanol–water partition coefficient (Wildman–Crippen LogP) is 4.69. The topological polar surface area (TPSA) is 34.4 Å². The maximum Gasteiger partial charge on any atom is 0.251 e. The largest absolute Gasteiger partial charge is 0.316 e.